The first-order valence-electron chi connectivity index (χ1n) is 4.42. The number of anilines is 1. The van der Waals surface area contributed by atoms with Gasteiger partial charge < -0.3 is 10.5 Å². The van der Waals surface area contributed by atoms with Crippen LogP contribution in [0.15, 0.2) is 24.4 Å². The van der Waals surface area contributed by atoms with E-state index in [1.807, 2.05) is 25.1 Å². The van der Waals surface area contributed by atoms with Gasteiger partial charge in [0.1, 0.15) is 11.6 Å². The van der Waals surface area contributed by atoms with Gasteiger partial charge in [-0.05, 0) is 18.6 Å². The van der Waals surface area contributed by atoms with E-state index in [9.17, 15) is 0 Å². The maximum absolute atomic E-state index is 5.78. The molecule has 1 heterocycles. The van der Waals surface area contributed by atoms with Crippen LogP contribution in [0.25, 0.3) is 10.8 Å². The highest BCUT2D eigenvalue weighted by molar-refractivity contribution is 5.97. The van der Waals surface area contributed by atoms with Gasteiger partial charge in [0, 0.05) is 17.0 Å². The third-order valence-corrected chi connectivity index (χ3v) is 2.31. The van der Waals surface area contributed by atoms with Gasteiger partial charge >= 0.3 is 0 Å². The molecular weight excluding hydrogens is 176 g/mol. The number of benzene rings is 1. The number of nitrogens with two attached hydrogens (primary N) is 1. The van der Waals surface area contributed by atoms with Crippen LogP contribution in [0.1, 0.15) is 5.56 Å². The molecule has 1 aromatic heterocycles. The highest BCUT2D eigenvalue weighted by atomic mass is 16.5. The van der Waals surface area contributed by atoms with E-state index in [1.165, 1.54) is 0 Å². The normalized spacial score (nSPS) is 10.4. The van der Waals surface area contributed by atoms with E-state index in [1.54, 1.807) is 13.3 Å². The van der Waals surface area contributed by atoms with E-state index in [0.29, 0.717) is 5.82 Å². The lowest BCUT2D eigenvalue weighted by Gasteiger charge is -2.08. The molecule has 2 rings (SSSR count). The Morgan fingerprint density at radius 3 is 2.86 bits per heavy atom. The second-order valence-corrected chi connectivity index (χ2v) is 3.21. The summed E-state index contributed by atoms with van der Waals surface area (Å²) >= 11 is 0. The van der Waals surface area contributed by atoms with E-state index in [0.717, 1.165) is 22.1 Å². The van der Waals surface area contributed by atoms with E-state index < -0.39 is 0 Å². The fourth-order valence-electron chi connectivity index (χ4n) is 1.62. The minimum absolute atomic E-state index is 0.546. The summed E-state index contributed by atoms with van der Waals surface area (Å²) in [6.45, 7) is 2.00. The first kappa shape index (κ1) is 8.81. The van der Waals surface area contributed by atoms with Crippen molar-refractivity contribution in [1.82, 2.24) is 4.98 Å². The largest absolute Gasteiger partial charge is 0.496 e. The molecule has 0 aliphatic rings. The van der Waals surface area contributed by atoms with E-state index >= 15 is 0 Å². The van der Waals surface area contributed by atoms with Crippen molar-refractivity contribution >= 4 is 16.6 Å². The van der Waals surface area contributed by atoms with Gasteiger partial charge in [0.2, 0.25) is 0 Å². The molecule has 2 aromatic rings. The van der Waals surface area contributed by atoms with Crippen LogP contribution < -0.4 is 10.5 Å². The second kappa shape index (κ2) is 3.18. The minimum Gasteiger partial charge on any atom is -0.496 e. The summed E-state index contributed by atoms with van der Waals surface area (Å²) in [7, 11) is 1.66. The van der Waals surface area contributed by atoms with Crippen molar-refractivity contribution in [3.05, 3.63) is 30.0 Å². The molecular formula is C11H12N2O. The zero-order valence-electron chi connectivity index (χ0n) is 8.24. The monoisotopic (exact) mass is 188 g/mol. The SMILES string of the molecule is COc1cccc2c(N)ncc(C)c12. The molecule has 0 unspecified atom stereocenters. The summed E-state index contributed by atoms with van der Waals surface area (Å²) in [5.41, 5.74) is 6.86. The number of ether oxygens (including phenoxy) is 1. The van der Waals surface area contributed by atoms with Crippen LogP contribution in [0.4, 0.5) is 5.82 Å². The highest BCUT2D eigenvalue weighted by Crippen LogP contribution is 2.30. The number of rotatable bonds is 1. The first-order valence-corrected chi connectivity index (χ1v) is 4.42. The summed E-state index contributed by atoms with van der Waals surface area (Å²) in [5, 5.41) is 1.99. The van der Waals surface area contributed by atoms with Crippen molar-refractivity contribution in [1.29, 1.82) is 0 Å². The standard InChI is InChI=1S/C11H12N2O/c1-7-6-13-11(12)8-4-3-5-9(14-2)10(7)8/h3-6H,1-2H3,(H2,12,13). The van der Waals surface area contributed by atoms with E-state index in [-0.39, 0.29) is 0 Å². The summed E-state index contributed by atoms with van der Waals surface area (Å²) in [5.74, 6) is 1.39. The summed E-state index contributed by atoms with van der Waals surface area (Å²) < 4.78 is 5.28. The maximum atomic E-state index is 5.78. The van der Waals surface area contributed by atoms with Gasteiger partial charge in [-0.1, -0.05) is 12.1 Å². The molecule has 2 N–H and O–H groups in total. The Morgan fingerprint density at radius 2 is 2.14 bits per heavy atom. The summed E-state index contributed by atoms with van der Waals surface area (Å²) in [6, 6.07) is 5.79. The van der Waals surface area contributed by atoms with Crippen molar-refractivity contribution < 1.29 is 4.74 Å². The Labute approximate surface area is 82.5 Å². The number of hydrogen-bond acceptors (Lipinski definition) is 3. The average molecular weight is 188 g/mol. The van der Waals surface area contributed by atoms with Gasteiger partial charge in [0.05, 0.1) is 7.11 Å². The van der Waals surface area contributed by atoms with Gasteiger partial charge in [0.15, 0.2) is 0 Å². The van der Waals surface area contributed by atoms with Gasteiger partial charge in [-0.15, -0.1) is 0 Å². The Morgan fingerprint density at radius 1 is 1.36 bits per heavy atom. The smallest absolute Gasteiger partial charge is 0.131 e. The first-order chi connectivity index (χ1) is 6.74. The maximum Gasteiger partial charge on any atom is 0.131 e. The molecule has 0 atom stereocenters. The van der Waals surface area contributed by atoms with E-state index in [2.05, 4.69) is 4.98 Å². The number of aromatic nitrogens is 1. The number of aryl methyl sites for hydroxylation is 1. The molecule has 0 saturated heterocycles. The van der Waals surface area contributed by atoms with Gasteiger partial charge in [0.25, 0.3) is 0 Å². The molecule has 72 valence electrons. The zero-order chi connectivity index (χ0) is 10.1. The summed E-state index contributed by atoms with van der Waals surface area (Å²) in [6.07, 6.45) is 1.76. The number of nitrogen functional groups attached to an aromatic ring is 1. The molecule has 0 bridgehead atoms. The summed E-state index contributed by atoms with van der Waals surface area (Å²) in [4.78, 5) is 4.10. The Hall–Kier alpha value is -1.77. The third kappa shape index (κ3) is 1.18. The molecule has 0 radical (unpaired) electrons. The molecule has 0 aliphatic carbocycles. The number of fused-ring (bicyclic) bond motifs is 1. The Kier molecular flexibility index (Phi) is 2.00. The molecule has 1 aromatic carbocycles. The molecule has 0 saturated carbocycles. The van der Waals surface area contributed by atoms with Crippen molar-refractivity contribution in [2.24, 2.45) is 0 Å². The molecule has 14 heavy (non-hydrogen) atoms. The molecule has 0 amide bonds. The lowest BCUT2D eigenvalue weighted by atomic mass is 10.1. The van der Waals surface area contributed by atoms with Crippen LogP contribution in [0.5, 0.6) is 5.75 Å². The van der Waals surface area contributed by atoms with Gasteiger partial charge in [-0.2, -0.15) is 0 Å². The van der Waals surface area contributed by atoms with Crippen LogP contribution in [-0.2, 0) is 0 Å². The molecule has 0 fully saturated rings. The van der Waals surface area contributed by atoms with Crippen molar-refractivity contribution in [3.8, 4) is 5.75 Å². The number of pyridine rings is 1. The molecule has 3 nitrogen and oxygen atoms in total. The van der Waals surface area contributed by atoms with Crippen molar-refractivity contribution in [2.75, 3.05) is 12.8 Å². The predicted octanol–water partition coefficient (Wildman–Crippen LogP) is 2.13. The molecule has 3 heteroatoms. The third-order valence-electron chi connectivity index (χ3n) is 2.31. The van der Waals surface area contributed by atoms with Gasteiger partial charge in [-0.3, -0.25) is 0 Å². The fourth-order valence-corrected chi connectivity index (χ4v) is 1.62. The van der Waals surface area contributed by atoms with Crippen molar-refractivity contribution in [3.63, 3.8) is 0 Å². The van der Waals surface area contributed by atoms with Crippen LogP contribution in [0, 0.1) is 6.92 Å². The highest BCUT2D eigenvalue weighted by Gasteiger charge is 2.06. The fraction of sp³-hybridized carbons (Fsp3) is 0.182. The van der Waals surface area contributed by atoms with Crippen LogP contribution in [-0.4, -0.2) is 12.1 Å². The van der Waals surface area contributed by atoms with Crippen LogP contribution in [0.3, 0.4) is 0 Å². The second-order valence-electron chi connectivity index (χ2n) is 3.21. The lowest BCUT2D eigenvalue weighted by molar-refractivity contribution is 0.419. The average Bonchev–Trinajstić information content (AvgIpc) is 2.23. The van der Waals surface area contributed by atoms with Gasteiger partial charge in [-0.25, -0.2) is 4.98 Å². The zero-order valence-corrected chi connectivity index (χ0v) is 8.24. The van der Waals surface area contributed by atoms with Crippen LogP contribution in [0.2, 0.25) is 0 Å². The Bertz CT molecular complexity index is 480. The lowest BCUT2D eigenvalue weighted by Crippen LogP contribution is -1.95. The number of hydrogen-bond donors (Lipinski definition) is 1. The predicted molar refractivity (Wildman–Crippen MR) is 57.4 cm³/mol. The number of methoxy groups -OCH3 is 1. The topological polar surface area (TPSA) is 48.1 Å². The minimum atomic E-state index is 0.546. The van der Waals surface area contributed by atoms with E-state index in [4.69, 9.17) is 10.5 Å². The number of nitrogens with zero attached hydrogens (tertiary/aromatic N) is 1. The quantitative estimate of drug-likeness (QED) is 0.745. The molecule has 0 spiro atoms. The molecule has 0 aliphatic heterocycles. The Balaban J connectivity index is 2.92. The van der Waals surface area contributed by atoms with Crippen molar-refractivity contribution in [2.45, 2.75) is 6.92 Å². The van der Waals surface area contributed by atoms with Crippen LogP contribution >= 0.6 is 0 Å².